The monoisotopic (exact) mass is 512 g/mol. The molecule has 0 fully saturated rings. The number of hydrogen-bond acceptors (Lipinski definition) is 3. The lowest BCUT2D eigenvalue weighted by atomic mass is 10.0. The molecule has 0 aliphatic carbocycles. The molecule has 172 valence electrons. The van der Waals surface area contributed by atoms with Crippen LogP contribution in [-0.2, 0) is 4.74 Å². The Morgan fingerprint density at radius 2 is 0.893 bits per heavy atom. The molecule has 0 radical (unpaired) electrons. The van der Waals surface area contributed by atoms with E-state index in [4.69, 9.17) is 4.74 Å². The van der Waals surface area contributed by atoms with Crippen LogP contribution in [0.15, 0.2) is 0 Å². The minimum atomic E-state index is 0. The lowest BCUT2D eigenvalue weighted by molar-refractivity contribution is -0.0229. The number of hydrazine groups is 1. The average Bonchev–Trinajstić information content (AvgIpc) is 2.68. The molecule has 0 aromatic heterocycles. The maximum atomic E-state index is 5.22. The van der Waals surface area contributed by atoms with Crippen molar-refractivity contribution in [1.82, 2.24) is 10.0 Å². The molecule has 4 heteroatoms. The highest BCUT2D eigenvalue weighted by atomic mass is 127. The van der Waals surface area contributed by atoms with Crippen molar-refractivity contribution < 1.29 is 4.74 Å². The van der Waals surface area contributed by atoms with Crippen molar-refractivity contribution in [3.8, 4) is 0 Å². The molecule has 0 N–H and O–H groups in total. The molecule has 3 nitrogen and oxygen atoms in total. The van der Waals surface area contributed by atoms with E-state index in [9.17, 15) is 0 Å². The zero-order chi connectivity index (χ0) is 20.0. The molecule has 0 aromatic rings. The number of ether oxygens (including phenoxy) is 1. The van der Waals surface area contributed by atoms with Gasteiger partial charge in [0.25, 0.3) is 0 Å². The predicted octanol–water partition coefficient (Wildman–Crippen LogP) is 7.68. The van der Waals surface area contributed by atoms with Crippen LogP contribution in [0.25, 0.3) is 0 Å². The summed E-state index contributed by atoms with van der Waals surface area (Å²) < 4.78 is 5.22. The van der Waals surface area contributed by atoms with Crippen LogP contribution in [0.1, 0.15) is 117 Å². The van der Waals surface area contributed by atoms with Crippen LogP contribution >= 0.6 is 24.0 Å². The van der Waals surface area contributed by atoms with Crippen molar-refractivity contribution in [3.63, 3.8) is 0 Å². The maximum Gasteiger partial charge on any atom is 0.0475 e. The largest absolute Gasteiger partial charge is 0.385 e. The quantitative estimate of drug-likeness (QED) is 0.0841. The summed E-state index contributed by atoms with van der Waals surface area (Å²) in [7, 11) is 1.80. The van der Waals surface area contributed by atoms with Gasteiger partial charge in [-0.2, -0.15) is 0 Å². The van der Waals surface area contributed by atoms with E-state index in [2.05, 4.69) is 30.8 Å². The van der Waals surface area contributed by atoms with Crippen LogP contribution in [0, 0.1) is 0 Å². The van der Waals surface area contributed by atoms with E-state index in [0.29, 0.717) is 0 Å². The molecule has 0 aliphatic heterocycles. The zero-order valence-corrected chi connectivity index (χ0v) is 22.2. The van der Waals surface area contributed by atoms with E-state index in [0.717, 1.165) is 32.7 Å². The molecule has 0 bridgehead atoms. The van der Waals surface area contributed by atoms with E-state index in [-0.39, 0.29) is 24.0 Å². The Hall–Kier alpha value is 0.610. The minimum absolute atomic E-state index is 0. The molecule has 28 heavy (non-hydrogen) atoms. The summed E-state index contributed by atoms with van der Waals surface area (Å²) >= 11 is 0. The van der Waals surface area contributed by atoms with E-state index < -0.39 is 0 Å². The second-order valence-electron chi connectivity index (χ2n) is 8.04. The Kier molecular flexibility index (Phi) is 28.2. The number of methoxy groups -OCH3 is 1. The normalized spacial score (nSPS) is 11.4. The second kappa shape index (κ2) is 25.6. The SMILES string of the molecule is CCCCCCCCCCCCCCCCN(CCCOC)N(CC)CC.I. The molecule has 0 rings (SSSR count). The lowest BCUT2D eigenvalue weighted by Gasteiger charge is -2.33. The molecule has 0 saturated heterocycles. The number of nitrogens with zero attached hydrogens (tertiary/aromatic N) is 2. The molecule has 0 unspecified atom stereocenters. The second-order valence-corrected chi connectivity index (χ2v) is 8.04. The van der Waals surface area contributed by atoms with Gasteiger partial charge in [0.15, 0.2) is 0 Å². The summed E-state index contributed by atoms with van der Waals surface area (Å²) in [4.78, 5) is 0. The van der Waals surface area contributed by atoms with E-state index in [1.54, 1.807) is 7.11 Å². The molecule has 0 aromatic carbocycles. The van der Waals surface area contributed by atoms with Crippen LogP contribution in [-0.4, -0.2) is 49.9 Å². The third-order valence-electron chi connectivity index (χ3n) is 5.66. The molecule has 0 heterocycles. The van der Waals surface area contributed by atoms with Gasteiger partial charge in [-0.15, -0.1) is 24.0 Å². The third kappa shape index (κ3) is 19.9. The van der Waals surface area contributed by atoms with Gasteiger partial charge in [-0.1, -0.05) is 104 Å². The third-order valence-corrected chi connectivity index (χ3v) is 5.66. The topological polar surface area (TPSA) is 15.7 Å². The zero-order valence-electron chi connectivity index (χ0n) is 19.9. The minimum Gasteiger partial charge on any atom is -0.385 e. The lowest BCUT2D eigenvalue weighted by Crippen LogP contribution is -2.43. The van der Waals surface area contributed by atoms with E-state index in [1.165, 1.54) is 96.4 Å². The van der Waals surface area contributed by atoms with Crippen molar-refractivity contribution in [1.29, 1.82) is 0 Å². The molecule has 0 atom stereocenters. The van der Waals surface area contributed by atoms with Gasteiger partial charge in [-0.05, 0) is 12.8 Å². The summed E-state index contributed by atoms with van der Waals surface area (Å²) in [5.74, 6) is 0. The van der Waals surface area contributed by atoms with E-state index >= 15 is 0 Å². The fourth-order valence-electron chi connectivity index (χ4n) is 3.90. The van der Waals surface area contributed by atoms with Gasteiger partial charge in [0.2, 0.25) is 0 Å². The summed E-state index contributed by atoms with van der Waals surface area (Å²) in [6.45, 7) is 12.3. The van der Waals surface area contributed by atoms with Gasteiger partial charge < -0.3 is 4.74 Å². The Labute approximate surface area is 195 Å². The van der Waals surface area contributed by atoms with Gasteiger partial charge >= 0.3 is 0 Å². The van der Waals surface area contributed by atoms with Gasteiger partial charge in [0.05, 0.1) is 0 Å². The van der Waals surface area contributed by atoms with Gasteiger partial charge in [-0.3, -0.25) is 0 Å². The molecule has 0 aliphatic rings. The van der Waals surface area contributed by atoms with Crippen LogP contribution in [0.4, 0.5) is 0 Å². The van der Waals surface area contributed by atoms with Crippen LogP contribution < -0.4 is 0 Å². The number of halogens is 1. The smallest absolute Gasteiger partial charge is 0.0475 e. The number of hydrogen-bond donors (Lipinski definition) is 0. The van der Waals surface area contributed by atoms with Gasteiger partial charge in [0.1, 0.15) is 0 Å². The molecular weight excluding hydrogens is 459 g/mol. The van der Waals surface area contributed by atoms with Crippen LogP contribution in [0.3, 0.4) is 0 Å². The van der Waals surface area contributed by atoms with Crippen molar-refractivity contribution >= 4 is 24.0 Å². The van der Waals surface area contributed by atoms with Crippen molar-refractivity contribution in [2.45, 2.75) is 117 Å². The number of unbranched alkanes of at least 4 members (excludes halogenated alkanes) is 13. The first-order valence-corrected chi connectivity index (χ1v) is 12.3. The molecular formula is C24H53IN2O. The van der Waals surface area contributed by atoms with Crippen molar-refractivity contribution in [3.05, 3.63) is 0 Å². The summed E-state index contributed by atoms with van der Waals surface area (Å²) in [5.41, 5.74) is 0. The first-order chi connectivity index (χ1) is 13.3. The average molecular weight is 513 g/mol. The molecule has 0 spiro atoms. The Morgan fingerprint density at radius 1 is 0.500 bits per heavy atom. The Morgan fingerprint density at radius 3 is 1.29 bits per heavy atom. The van der Waals surface area contributed by atoms with E-state index in [1.807, 2.05) is 0 Å². The number of rotatable bonds is 22. The highest BCUT2D eigenvalue weighted by molar-refractivity contribution is 14.0. The molecule has 0 saturated carbocycles. The van der Waals surface area contributed by atoms with Crippen molar-refractivity contribution in [2.75, 3.05) is 39.9 Å². The van der Waals surface area contributed by atoms with Gasteiger partial charge in [-0.25, -0.2) is 10.0 Å². The highest BCUT2D eigenvalue weighted by Crippen LogP contribution is 2.13. The van der Waals surface area contributed by atoms with Crippen LogP contribution in [0.5, 0.6) is 0 Å². The summed E-state index contributed by atoms with van der Waals surface area (Å²) in [5, 5.41) is 5.04. The maximum absolute atomic E-state index is 5.22. The molecule has 0 amide bonds. The predicted molar refractivity (Wildman–Crippen MR) is 137 cm³/mol. The summed E-state index contributed by atoms with van der Waals surface area (Å²) in [6, 6.07) is 0. The Bertz CT molecular complexity index is 275. The fourth-order valence-corrected chi connectivity index (χ4v) is 3.90. The van der Waals surface area contributed by atoms with Crippen LogP contribution in [0.2, 0.25) is 0 Å². The highest BCUT2D eigenvalue weighted by Gasteiger charge is 2.11. The van der Waals surface area contributed by atoms with Gasteiger partial charge in [0, 0.05) is 39.9 Å². The Balaban J connectivity index is 0. The van der Waals surface area contributed by atoms with Crippen molar-refractivity contribution in [2.24, 2.45) is 0 Å². The standard InChI is InChI=1S/C24H52N2O.HI/c1-5-8-9-10-11-12-13-14-15-16-17-18-19-20-22-26(23-21-24-27-4)25(6-2)7-3;/h5-24H2,1-4H3;1H. The summed E-state index contributed by atoms with van der Waals surface area (Å²) in [6.07, 6.45) is 21.2. The fraction of sp³-hybridized carbons (Fsp3) is 1.00. The first kappa shape index (κ1) is 30.8. The first-order valence-electron chi connectivity index (χ1n) is 12.3.